The molecule has 0 aliphatic heterocycles. The molecule has 3 rings (SSSR count). The summed E-state index contributed by atoms with van der Waals surface area (Å²) in [5, 5.41) is -0.419. The van der Waals surface area contributed by atoms with Gasteiger partial charge in [-0.2, -0.15) is 21.6 Å². The number of ether oxygens (including phenoxy) is 1. The number of carbonyl (C=O) groups excluding carboxylic acids is 1. The molecule has 0 saturated carbocycles. The lowest BCUT2D eigenvalue weighted by Gasteiger charge is -2.17. The normalized spacial score (nSPS) is 13.0. The average molecular weight is 541 g/mol. The molecule has 0 fully saturated rings. The van der Waals surface area contributed by atoms with E-state index in [-0.39, 0.29) is 11.3 Å². The van der Waals surface area contributed by atoms with E-state index in [0.717, 1.165) is 30.3 Å². The van der Waals surface area contributed by atoms with Crippen molar-refractivity contribution in [2.45, 2.75) is 18.7 Å². The van der Waals surface area contributed by atoms with Crippen molar-refractivity contribution in [3.8, 4) is 17.0 Å². The first-order valence-corrected chi connectivity index (χ1v) is 11.4. The first-order valence-electron chi connectivity index (χ1n) is 9.41. The van der Waals surface area contributed by atoms with Gasteiger partial charge in [-0.3, -0.25) is 9.35 Å². The summed E-state index contributed by atoms with van der Waals surface area (Å²) in [6.07, 6.45) is -6.72. The molecular weight excluding hydrogens is 527 g/mol. The maximum absolute atomic E-state index is 14.6. The number of oxazole rings is 1. The Morgan fingerprint density at radius 1 is 1.17 bits per heavy atom. The maximum Gasteiger partial charge on any atom is 0.416 e. The Morgan fingerprint density at radius 2 is 1.80 bits per heavy atom. The Labute approximate surface area is 199 Å². The number of aromatic nitrogens is 1. The third-order valence-electron chi connectivity index (χ3n) is 4.57. The molecule has 3 aromatic rings. The summed E-state index contributed by atoms with van der Waals surface area (Å²) in [6, 6.07) is 5.12. The lowest BCUT2D eigenvalue weighted by Crippen LogP contribution is -2.18. The molecule has 0 saturated heterocycles. The Balaban J connectivity index is 2.00. The highest BCUT2D eigenvalue weighted by Crippen LogP contribution is 2.36. The zero-order valence-corrected chi connectivity index (χ0v) is 18.7. The van der Waals surface area contributed by atoms with Crippen LogP contribution in [0.3, 0.4) is 0 Å². The molecule has 1 amide bonds. The van der Waals surface area contributed by atoms with Gasteiger partial charge >= 0.3 is 6.18 Å². The Hall–Kier alpha value is -3.23. The van der Waals surface area contributed by atoms with E-state index < -0.39 is 80.1 Å². The van der Waals surface area contributed by atoms with Crippen molar-refractivity contribution in [1.29, 1.82) is 0 Å². The predicted octanol–water partition coefficient (Wildman–Crippen LogP) is 4.79. The zero-order valence-electron chi connectivity index (χ0n) is 17.1. The molecule has 188 valence electrons. The molecule has 2 aromatic carbocycles. The number of hydrogen-bond donors (Lipinski definition) is 2. The van der Waals surface area contributed by atoms with E-state index in [9.17, 15) is 35.2 Å². The van der Waals surface area contributed by atoms with Gasteiger partial charge in [0.2, 0.25) is 11.1 Å². The first-order chi connectivity index (χ1) is 16.2. The highest BCUT2D eigenvalue weighted by Gasteiger charge is 2.31. The number of nitrogens with two attached hydrogens (primary N) is 1. The van der Waals surface area contributed by atoms with Crippen molar-refractivity contribution < 1.29 is 48.9 Å². The Morgan fingerprint density at radius 3 is 2.34 bits per heavy atom. The molecule has 1 atom stereocenters. The van der Waals surface area contributed by atoms with Gasteiger partial charge in [0.15, 0.2) is 17.7 Å². The minimum Gasteiger partial charge on any atom is -0.478 e. The van der Waals surface area contributed by atoms with Gasteiger partial charge < -0.3 is 14.9 Å². The molecule has 15 heteroatoms. The topological polar surface area (TPSA) is 133 Å². The van der Waals surface area contributed by atoms with Crippen molar-refractivity contribution in [3.63, 3.8) is 0 Å². The van der Waals surface area contributed by atoms with Crippen molar-refractivity contribution >= 4 is 27.6 Å². The van der Waals surface area contributed by atoms with Crippen LogP contribution in [0.25, 0.3) is 11.3 Å². The minimum absolute atomic E-state index is 0.0931. The summed E-state index contributed by atoms with van der Waals surface area (Å²) in [6.45, 7) is 0. The molecule has 0 aliphatic carbocycles. The van der Waals surface area contributed by atoms with Crippen molar-refractivity contribution in [2.75, 3.05) is 5.75 Å². The molecular formula is C20H14ClF5N2O6S. The van der Waals surface area contributed by atoms with E-state index in [1.807, 2.05) is 0 Å². The lowest BCUT2D eigenvalue weighted by molar-refractivity contribution is -0.137. The first kappa shape index (κ1) is 26.4. The van der Waals surface area contributed by atoms with E-state index in [4.69, 9.17) is 31.0 Å². The molecule has 8 nitrogen and oxygen atoms in total. The fraction of sp³-hybridized carbons (Fsp3) is 0.200. The second kappa shape index (κ2) is 9.79. The summed E-state index contributed by atoms with van der Waals surface area (Å²) in [5.74, 6) is -6.30. The van der Waals surface area contributed by atoms with Gasteiger partial charge in [0.05, 0.1) is 11.3 Å². The molecule has 1 unspecified atom stereocenters. The van der Waals surface area contributed by atoms with Crippen LogP contribution in [-0.2, 0) is 16.3 Å². The van der Waals surface area contributed by atoms with Crippen LogP contribution in [0.5, 0.6) is 5.75 Å². The summed E-state index contributed by atoms with van der Waals surface area (Å²) in [7, 11) is -4.55. The molecule has 35 heavy (non-hydrogen) atoms. The Bertz CT molecular complexity index is 1360. The average Bonchev–Trinajstić information content (AvgIpc) is 3.12. The third kappa shape index (κ3) is 6.26. The largest absolute Gasteiger partial charge is 0.478 e. The van der Waals surface area contributed by atoms with Crippen LogP contribution >= 0.6 is 11.6 Å². The van der Waals surface area contributed by atoms with E-state index >= 15 is 0 Å². The number of rotatable bonds is 8. The number of carbonyl (C=O) groups is 1. The molecule has 0 spiro atoms. The second-order valence-electron chi connectivity index (χ2n) is 7.03. The van der Waals surface area contributed by atoms with Crippen LogP contribution in [0.2, 0.25) is 5.22 Å². The number of hydrogen-bond acceptors (Lipinski definition) is 6. The van der Waals surface area contributed by atoms with E-state index in [1.54, 1.807) is 0 Å². The highest BCUT2D eigenvalue weighted by atomic mass is 35.5. The third-order valence-corrected chi connectivity index (χ3v) is 5.58. The number of alkyl halides is 3. The van der Waals surface area contributed by atoms with Crippen LogP contribution in [0.1, 0.15) is 34.3 Å². The molecule has 3 N–H and O–H groups in total. The van der Waals surface area contributed by atoms with E-state index in [0.29, 0.717) is 6.07 Å². The monoisotopic (exact) mass is 540 g/mol. The van der Waals surface area contributed by atoms with Crippen LogP contribution in [-0.4, -0.2) is 29.6 Å². The summed E-state index contributed by atoms with van der Waals surface area (Å²) in [5.41, 5.74) is 2.85. The molecule has 0 bridgehead atoms. The van der Waals surface area contributed by atoms with Gasteiger partial charge in [-0.1, -0.05) is 12.1 Å². The lowest BCUT2D eigenvalue weighted by atomic mass is 10.1. The maximum atomic E-state index is 14.6. The number of primary amides is 1. The standard InChI is InChI=1S/C20H14ClF5N2O6S/c21-17-16(9-1-3-10(4-2-9)20(24,25)26)28-19(34-17)13(7-8-35(30,31)32)33-12-6-5-11(22)14(15(12)23)18(27)29/h1-6,13H,7-8H2,(H2,27,29)(H,30,31,32). The summed E-state index contributed by atoms with van der Waals surface area (Å²) in [4.78, 5) is 15.4. The van der Waals surface area contributed by atoms with Gasteiger partial charge in [0.1, 0.15) is 17.1 Å². The number of nitrogens with zero attached hydrogens (tertiary/aromatic N) is 1. The van der Waals surface area contributed by atoms with Gasteiger partial charge in [0.25, 0.3) is 16.0 Å². The molecule has 0 aliphatic rings. The Kier molecular flexibility index (Phi) is 7.38. The van der Waals surface area contributed by atoms with Gasteiger partial charge in [-0.05, 0) is 35.9 Å². The second-order valence-corrected chi connectivity index (χ2v) is 8.94. The SMILES string of the molecule is NC(=O)c1c(F)ccc(OC(CCS(=O)(=O)O)c2nc(-c3ccc(C(F)(F)F)cc3)c(Cl)o2)c1F. The van der Waals surface area contributed by atoms with Gasteiger partial charge in [-0.25, -0.2) is 13.8 Å². The smallest absolute Gasteiger partial charge is 0.416 e. The van der Waals surface area contributed by atoms with Crippen LogP contribution in [0.15, 0.2) is 40.8 Å². The van der Waals surface area contributed by atoms with Gasteiger partial charge in [-0.15, -0.1) is 0 Å². The summed E-state index contributed by atoms with van der Waals surface area (Å²) >= 11 is 6.01. The quantitative estimate of drug-likeness (QED) is 0.310. The van der Waals surface area contributed by atoms with E-state index in [2.05, 4.69) is 4.98 Å². The van der Waals surface area contributed by atoms with Gasteiger partial charge in [0, 0.05) is 12.0 Å². The number of benzene rings is 2. The van der Waals surface area contributed by atoms with Crippen molar-refractivity contribution in [1.82, 2.24) is 4.98 Å². The van der Waals surface area contributed by atoms with Crippen LogP contribution in [0.4, 0.5) is 22.0 Å². The van der Waals surface area contributed by atoms with Crippen LogP contribution in [0, 0.1) is 11.6 Å². The highest BCUT2D eigenvalue weighted by molar-refractivity contribution is 7.85. The van der Waals surface area contributed by atoms with Crippen molar-refractivity contribution in [3.05, 3.63) is 70.3 Å². The fourth-order valence-electron chi connectivity index (χ4n) is 2.94. The fourth-order valence-corrected chi connectivity index (χ4v) is 3.68. The molecule has 0 radical (unpaired) electrons. The van der Waals surface area contributed by atoms with Crippen LogP contribution < -0.4 is 10.5 Å². The van der Waals surface area contributed by atoms with Crippen molar-refractivity contribution in [2.24, 2.45) is 5.73 Å². The minimum atomic E-state index is -4.59. The predicted molar refractivity (Wildman–Crippen MR) is 111 cm³/mol. The molecule has 1 aromatic heterocycles. The van der Waals surface area contributed by atoms with E-state index in [1.165, 1.54) is 0 Å². The number of halogens is 6. The molecule has 1 heterocycles. The number of amides is 1. The zero-order chi connectivity index (χ0) is 26.1. The summed E-state index contributed by atoms with van der Waals surface area (Å²) < 4.78 is 109.